The van der Waals surface area contributed by atoms with Gasteiger partial charge in [0.1, 0.15) is 16.3 Å². The summed E-state index contributed by atoms with van der Waals surface area (Å²) in [5.41, 5.74) is 2.04. The van der Waals surface area contributed by atoms with Crippen LogP contribution in [0.4, 0.5) is 0 Å². The molecule has 0 atom stereocenters. The highest BCUT2D eigenvalue weighted by Crippen LogP contribution is 2.32. The summed E-state index contributed by atoms with van der Waals surface area (Å²) in [4.78, 5) is 4.41. The van der Waals surface area contributed by atoms with Crippen molar-refractivity contribution in [1.29, 1.82) is 5.26 Å². The Morgan fingerprint density at radius 1 is 1.53 bits per heavy atom. The number of thiazole rings is 1. The maximum atomic E-state index is 8.63. The van der Waals surface area contributed by atoms with Crippen LogP contribution in [0.25, 0.3) is 10.2 Å². The van der Waals surface area contributed by atoms with Crippen molar-refractivity contribution in [1.82, 2.24) is 4.98 Å². The van der Waals surface area contributed by atoms with Gasteiger partial charge in [-0.2, -0.15) is 5.26 Å². The quantitative estimate of drug-likeness (QED) is 0.778. The number of rotatable bonds is 2. The zero-order valence-electron chi connectivity index (χ0n) is 8.57. The molecule has 4 heteroatoms. The minimum atomic E-state index is 0.363. The predicted molar refractivity (Wildman–Crippen MR) is 60.2 cm³/mol. The lowest BCUT2D eigenvalue weighted by Gasteiger charge is -2.01. The Kier molecular flexibility index (Phi) is 2.57. The standard InChI is InChI=1S/C11H10N2OS/c1-7-3-4-8(14-2)10-11(7)15-9(13-10)5-6-12/h3-4H,5H2,1-2H3. The van der Waals surface area contributed by atoms with Crippen molar-refractivity contribution in [2.24, 2.45) is 0 Å². The van der Waals surface area contributed by atoms with E-state index in [-0.39, 0.29) is 0 Å². The Hall–Kier alpha value is -1.60. The van der Waals surface area contributed by atoms with E-state index in [0.29, 0.717) is 6.42 Å². The molecule has 1 aromatic heterocycles. The molecule has 2 aromatic rings. The lowest BCUT2D eigenvalue weighted by molar-refractivity contribution is 0.419. The van der Waals surface area contributed by atoms with Gasteiger partial charge in [-0.15, -0.1) is 11.3 Å². The lowest BCUT2D eigenvalue weighted by atomic mass is 10.2. The molecule has 0 bridgehead atoms. The molecule has 1 heterocycles. The Labute approximate surface area is 91.9 Å². The predicted octanol–water partition coefficient (Wildman–Crippen LogP) is 2.68. The summed E-state index contributed by atoms with van der Waals surface area (Å²) in [6.07, 6.45) is 0.363. The van der Waals surface area contributed by atoms with Gasteiger partial charge in [-0.3, -0.25) is 0 Å². The van der Waals surface area contributed by atoms with Crippen LogP contribution in [0.1, 0.15) is 10.6 Å². The fourth-order valence-corrected chi connectivity index (χ4v) is 2.44. The van der Waals surface area contributed by atoms with Gasteiger partial charge in [0.05, 0.1) is 24.3 Å². The molecule has 0 saturated carbocycles. The highest BCUT2D eigenvalue weighted by Gasteiger charge is 2.10. The number of nitrogens with zero attached hydrogens (tertiary/aromatic N) is 2. The second kappa shape index (κ2) is 3.87. The molecule has 0 N–H and O–H groups in total. The maximum absolute atomic E-state index is 8.63. The highest BCUT2D eigenvalue weighted by molar-refractivity contribution is 7.18. The van der Waals surface area contributed by atoms with Crippen molar-refractivity contribution in [3.8, 4) is 11.8 Å². The smallest absolute Gasteiger partial charge is 0.145 e. The van der Waals surface area contributed by atoms with Crippen LogP contribution in [0.2, 0.25) is 0 Å². The molecule has 76 valence electrons. The molecule has 3 nitrogen and oxygen atoms in total. The molecule has 0 aliphatic rings. The van der Waals surface area contributed by atoms with Crippen LogP contribution in [0, 0.1) is 18.3 Å². The van der Waals surface area contributed by atoms with Crippen molar-refractivity contribution in [3.63, 3.8) is 0 Å². The summed E-state index contributed by atoms with van der Waals surface area (Å²) in [6, 6.07) is 6.03. The third kappa shape index (κ3) is 1.66. The Morgan fingerprint density at radius 3 is 3.00 bits per heavy atom. The molecule has 15 heavy (non-hydrogen) atoms. The fourth-order valence-electron chi connectivity index (χ4n) is 1.46. The van der Waals surface area contributed by atoms with Crippen LogP contribution >= 0.6 is 11.3 Å². The van der Waals surface area contributed by atoms with E-state index >= 15 is 0 Å². The second-order valence-corrected chi connectivity index (χ2v) is 4.29. The van der Waals surface area contributed by atoms with Crippen molar-refractivity contribution in [2.45, 2.75) is 13.3 Å². The number of methoxy groups -OCH3 is 1. The number of ether oxygens (including phenoxy) is 1. The summed E-state index contributed by atoms with van der Waals surface area (Å²) >= 11 is 1.56. The topological polar surface area (TPSA) is 45.9 Å². The van der Waals surface area contributed by atoms with Crippen LogP contribution in [0.15, 0.2) is 12.1 Å². The molecule has 0 amide bonds. The van der Waals surface area contributed by atoms with E-state index in [1.807, 2.05) is 19.1 Å². The van der Waals surface area contributed by atoms with E-state index < -0.39 is 0 Å². The van der Waals surface area contributed by atoms with E-state index in [4.69, 9.17) is 10.00 Å². The number of aromatic nitrogens is 1. The average molecular weight is 218 g/mol. The summed E-state index contributed by atoms with van der Waals surface area (Å²) in [5.74, 6) is 0.774. The summed E-state index contributed by atoms with van der Waals surface area (Å²) < 4.78 is 6.35. The largest absolute Gasteiger partial charge is 0.494 e. The van der Waals surface area contributed by atoms with Gasteiger partial charge >= 0.3 is 0 Å². The monoisotopic (exact) mass is 218 g/mol. The lowest BCUT2D eigenvalue weighted by Crippen LogP contribution is -1.85. The SMILES string of the molecule is COc1ccc(C)c2sc(CC#N)nc12. The minimum absolute atomic E-state index is 0.363. The number of nitriles is 1. The van der Waals surface area contributed by atoms with Crippen LogP contribution in [-0.4, -0.2) is 12.1 Å². The van der Waals surface area contributed by atoms with Gasteiger partial charge in [-0.1, -0.05) is 6.07 Å². The van der Waals surface area contributed by atoms with Gasteiger partial charge < -0.3 is 4.74 Å². The van der Waals surface area contributed by atoms with Crippen molar-refractivity contribution < 1.29 is 4.74 Å². The summed E-state index contributed by atoms with van der Waals surface area (Å²) in [7, 11) is 1.63. The zero-order valence-corrected chi connectivity index (χ0v) is 9.39. The molecule has 0 aliphatic heterocycles. The second-order valence-electron chi connectivity index (χ2n) is 3.20. The van der Waals surface area contributed by atoms with Gasteiger partial charge in [0.25, 0.3) is 0 Å². The van der Waals surface area contributed by atoms with Crippen LogP contribution < -0.4 is 4.74 Å². The van der Waals surface area contributed by atoms with Gasteiger partial charge in [-0.05, 0) is 18.6 Å². The Bertz CT molecular complexity index is 539. The number of aryl methyl sites for hydroxylation is 1. The van der Waals surface area contributed by atoms with Crippen molar-refractivity contribution >= 4 is 21.6 Å². The molecule has 0 saturated heterocycles. The highest BCUT2D eigenvalue weighted by atomic mass is 32.1. The van der Waals surface area contributed by atoms with E-state index in [1.54, 1.807) is 18.4 Å². The minimum Gasteiger partial charge on any atom is -0.494 e. The molecule has 1 aromatic carbocycles. The molecule has 2 rings (SSSR count). The summed E-state index contributed by atoms with van der Waals surface area (Å²) in [6.45, 7) is 2.04. The Morgan fingerprint density at radius 2 is 2.33 bits per heavy atom. The normalized spacial score (nSPS) is 10.2. The third-order valence-corrected chi connectivity index (χ3v) is 3.39. The number of hydrogen-bond donors (Lipinski definition) is 0. The molecule has 0 spiro atoms. The van der Waals surface area contributed by atoms with Gasteiger partial charge in [0.15, 0.2) is 0 Å². The number of hydrogen-bond acceptors (Lipinski definition) is 4. The number of fused-ring (bicyclic) bond motifs is 1. The van der Waals surface area contributed by atoms with E-state index in [2.05, 4.69) is 11.1 Å². The van der Waals surface area contributed by atoms with Crippen molar-refractivity contribution in [3.05, 3.63) is 22.7 Å². The molecular weight excluding hydrogens is 208 g/mol. The van der Waals surface area contributed by atoms with Gasteiger partial charge in [-0.25, -0.2) is 4.98 Å². The molecule has 0 aliphatic carbocycles. The number of benzene rings is 1. The zero-order chi connectivity index (χ0) is 10.8. The first-order chi connectivity index (χ1) is 7.26. The fraction of sp³-hybridized carbons (Fsp3) is 0.273. The molecule has 0 radical (unpaired) electrons. The molecule has 0 fully saturated rings. The molecule has 0 unspecified atom stereocenters. The third-order valence-electron chi connectivity index (χ3n) is 2.20. The summed E-state index contributed by atoms with van der Waals surface area (Å²) in [5, 5.41) is 9.47. The average Bonchev–Trinajstić information content (AvgIpc) is 2.64. The van der Waals surface area contributed by atoms with Crippen molar-refractivity contribution in [2.75, 3.05) is 7.11 Å². The van der Waals surface area contributed by atoms with Crippen LogP contribution in [0.3, 0.4) is 0 Å². The van der Waals surface area contributed by atoms with Crippen LogP contribution in [-0.2, 0) is 6.42 Å². The Balaban J connectivity index is 2.67. The first-order valence-corrected chi connectivity index (χ1v) is 5.38. The van der Waals surface area contributed by atoms with Crippen LogP contribution in [0.5, 0.6) is 5.75 Å². The molecular formula is C11H10N2OS. The van der Waals surface area contributed by atoms with E-state index in [9.17, 15) is 0 Å². The maximum Gasteiger partial charge on any atom is 0.145 e. The van der Waals surface area contributed by atoms with E-state index in [1.165, 1.54) is 5.56 Å². The first-order valence-electron chi connectivity index (χ1n) is 4.56. The van der Waals surface area contributed by atoms with E-state index in [0.717, 1.165) is 21.0 Å². The first kappa shape index (κ1) is 9.94. The van der Waals surface area contributed by atoms with Gasteiger partial charge in [0.2, 0.25) is 0 Å². The van der Waals surface area contributed by atoms with Gasteiger partial charge in [0, 0.05) is 0 Å².